The van der Waals surface area contributed by atoms with Crippen molar-refractivity contribution < 1.29 is 4.79 Å². The molecule has 0 radical (unpaired) electrons. The standard InChI is InChI=1S/C14H15NO/c1-11-5-3-4-6-13(11)9-15-8-7-14(10-15)12(2)16/h3-8,10H,9H2,1-2H3. The van der Waals surface area contributed by atoms with E-state index in [1.54, 1.807) is 6.92 Å². The Balaban J connectivity index is 2.21. The van der Waals surface area contributed by atoms with Crippen molar-refractivity contribution >= 4 is 5.78 Å². The van der Waals surface area contributed by atoms with Crippen LogP contribution in [0.1, 0.15) is 28.4 Å². The van der Waals surface area contributed by atoms with Gasteiger partial charge >= 0.3 is 0 Å². The van der Waals surface area contributed by atoms with Gasteiger partial charge in [-0.3, -0.25) is 4.79 Å². The Bertz CT molecular complexity index is 511. The van der Waals surface area contributed by atoms with E-state index in [1.165, 1.54) is 11.1 Å². The fourth-order valence-corrected chi connectivity index (χ4v) is 1.73. The average molecular weight is 213 g/mol. The van der Waals surface area contributed by atoms with Gasteiger partial charge in [-0.2, -0.15) is 0 Å². The average Bonchev–Trinajstić information content (AvgIpc) is 2.70. The SMILES string of the molecule is CC(=O)c1ccn(Cc2ccccc2C)c1. The third-order valence-corrected chi connectivity index (χ3v) is 2.77. The van der Waals surface area contributed by atoms with Gasteiger partial charge in [0.05, 0.1) is 0 Å². The Hall–Kier alpha value is -1.83. The van der Waals surface area contributed by atoms with E-state index in [4.69, 9.17) is 0 Å². The van der Waals surface area contributed by atoms with Crippen molar-refractivity contribution in [3.63, 3.8) is 0 Å². The van der Waals surface area contributed by atoms with Crippen LogP contribution in [0, 0.1) is 6.92 Å². The van der Waals surface area contributed by atoms with Crippen LogP contribution in [0.2, 0.25) is 0 Å². The fraction of sp³-hybridized carbons (Fsp3) is 0.214. The molecule has 16 heavy (non-hydrogen) atoms. The first-order valence-electron chi connectivity index (χ1n) is 5.38. The highest BCUT2D eigenvalue weighted by Crippen LogP contribution is 2.10. The highest BCUT2D eigenvalue weighted by atomic mass is 16.1. The molecule has 82 valence electrons. The first-order chi connectivity index (χ1) is 7.66. The maximum atomic E-state index is 11.2. The molecule has 2 rings (SSSR count). The zero-order valence-corrected chi connectivity index (χ0v) is 9.60. The lowest BCUT2D eigenvalue weighted by molar-refractivity contribution is 0.101. The van der Waals surface area contributed by atoms with E-state index >= 15 is 0 Å². The van der Waals surface area contributed by atoms with Crippen molar-refractivity contribution in [2.75, 3.05) is 0 Å². The van der Waals surface area contributed by atoms with Crippen LogP contribution >= 0.6 is 0 Å². The van der Waals surface area contributed by atoms with Gasteiger partial charge in [0.25, 0.3) is 0 Å². The lowest BCUT2D eigenvalue weighted by Gasteiger charge is -2.06. The molecule has 0 amide bonds. The predicted octanol–water partition coefficient (Wildman–Crippen LogP) is 3.05. The number of carbonyl (C=O) groups excluding carboxylic acids is 1. The fourth-order valence-electron chi connectivity index (χ4n) is 1.73. The van der Waals surface area contributed by atoms with Gasteiger partial charge in [-0.05, 0) is 31.0 Å². The first-order valence-corrected chi connectivity index (χ1v) is 5.38. The molecule has 0 unspecified atom stereocenters. The number of rotatable bonds is 3. The molecule has 1 aromatic carbocycles. The van der Waals surface area contributed by atoms with E-state index < -0.39 is 0 Å². The molecule has 0 aliphatic carbocycles. The molecule has 0 fully saturated rings. The molecule has 1 aromatic heterocycles. The molecular weight excluding hydrogens is 198 g/mol. The smallest absolute Gasteiger partial charge is 0.161 e. The van der Waals surface area contributed by atoms with Gasteiger partial charge in [0, 0.05) is 24.5 Å². The summed E-state index contributed by atoms with van der Waals surface area (Å²) in [6.07, 6.45) is 3.85. The quantitative estimate of drug-likeness (QED) is 0.718. The molecular formula is C14H15NO. The first kappa shape index (κ1) is 10.7. The molecule has 1 heterocycles. The lowest BCUT2D eigenvalue weighted by atomic mass is 10.1. The van der Waals surface area contributed by atoms with Crippen LogP contribution in [0.15, 0.2) is 42.7 Å². The minimum atomic E-state index is 0.114. The Morgan fingerprint density at radius 1 is 1.25 bits per heavy atom. The predicted molar refractivity (Wildman–Crippen MR) is 64.7 cm³/mol. The zero-order chi connectivity index (χ0) is 11.5. The summed E-state index contributed by atoms with van der Waals surface area (Å²) in [5.41, 5.74) is 3.34. The summed E-state index contributed by atoms with van der Waals surface area (Å²) in [5.74, 6) is 0.114. The van der Waals surface area contributed by atoms with Crippen LogP contribution in [0.25, 0.3) is 0 Å². The minimum absolute atomic E-state index is 0.114. The number of nitrogens with zero attached hydrogens (tertiary/aromatic N) is 1. The number of benzene rings is 1. The Labute approximate surface area is 95.5 Å². The van der Waals surface area contributed by atoms with Crippen LogP contribution in [-0.2, 0) is 6.54 Å². The summed E-state index contributed by atoms with van der Waals surface area (Å²) in [5, 5.41) is 0. The van der Waals surface area contributed by atoms with E-state index in [9.17, 15) is 4.79 Å². The molecule has 2 aromatic rings. The summed E-state index contributed by atoms with van der Waals surface area (Å²) < 4.78 is 2.04. The van der Waals surface area contributed by atoms with Crippen molar-refractivity contribution in [1.82, 2.24) is 4.57 Å². The number of carbonyl (C=O) groups is 1. The summed E-state index contributed by atoms with van der Waals surface area (Å²) in [6, 6.07) is 10.2. The molecule has 0 saturated carbocycles. The molecule has 0 aliphatic heterocycles. The van der Waals surface area contributed by atoms with Gasteiger partial charge < -0.3 is 4.57 Å². The number of hydrogen-bond acceptors (Lipinski definition) is 1. The van der Waals surface area contributed by atoms with E-state index in [2.05, 4.69) is 19.1 Å². The molecule has 2 nitrogen and oxygen atoms in total. The van der Waals surface area contributed by atoms with Gasteiger partial charge in [-0.25, -0.2) is 0 Å². The second-order valence-electron chi connectivity index (χ2n) is 4.06. The Morgan fingerprint density at radius 3 is 2.62 bits per heavy atom. The van der Waals surface area contributed by atoms with E-state index in [-0.39, 0.29) is 5.78 Å². The monoisotopic (exact) mass is 213 g/mol. The van der Waals surface area contributed by atoms with Crippen LogP contribution in [0.5, 0.6) is 0 Å². The van der Waals surface area contributed by atoms with Crippen LogP contribution < -0.4 is 0 Å². The number of aryl methyl sites for hydroxylation is 1. The van der Waals surface area contributed by atoms with Crippen molar-refractivity contribution in [3.05, 3.63) is 59.4 Å². The van der Waals surface area contributed by atoms with E-state index in [0.29, 0.717) is 0 Å². The summed E-state index contributed by atoms with van der Waals surface area (Å²) in [7, 11) is 0. The number of aromatic nitrogens is 1. The van der Waals surface area contributed by atoms with Gasteiger partial charge in [-0.1, -0.05) is 24.3 Å². The normalized spacial score (nSPS) is 10.4. The maximum Gasteiger partial charge on any atom is 0.161 e. The third kappa shape index (κ3) is 2.22. The molecule has 0 N–H and O–H groups in total. The van der Waals surface area contributed by atoms with Gasteiger partial charge in [0.15, 0.2) is 5.78 Å². The molecule has 0 saturated heterocycles. The molecule has 0 aliphatic rings. The minimum Gasteiger partial charge on any atom is -0.349 e. The highest BCUT2D eigenvalue weighted by Gasteiger charge is 2.03. The lowest BCUT2D eigenvalue weighted by Crippen LogP contribution is -1.98. The van der Waals surface area contributed by atoms with Crippen molar-refractivity contribution in [2.24, 2.45) is 0 Å². The van der Waals surface area contributed by atoms with Crippen molar-refractivity contribution in [2.45, 2.75) is 20.4 Å². The zero-order valence-electron chi connectivity index (χ0n) is 9.60. The van der Waals surface area contributed by atoms with Gasteiger partial charge in [0.2, 0.25) is 0 Å². The van der Waals surface area contributed by atoms with E-state index in [0.717, 1.165) is 12.1 Å². The summed E-state index contributed by atoms with van der Waals surface area (Å²) in [6.45, 7) is 4.51. The van der Waals surface area contributed by atoms with E-state index in [1.807, 2.05) is 35.2 Å². The van der Waals surface area contributed by atoms with Crippen LogP contribution in [-0.4, -0.2) is 10.4 Å². The Kier molecular flexibility index (Phi) is 2.91. The largest absolute Gasteiger partial charge is 0.349 e. The number of hydrogen-bond donors (Lipinski definition) is 0. The molecule has 0 spiro atoms. The Morgan fingerprint density at radius 2 is 2.00 bits per heavy atom. The highest BCUT2D eigenvalue weighted by molar-refractivity contribution is 5.93. The second-order valence-corrected chi connectivity index (χ2v) is 4.06. The second kappa shape index (κ2) is 4.35. The van der Waals surface area contributed by atoms with Crippen LogP contribution in [0.4, 0.5) is 0 Å². The topological polar surface area (TPSA) is 22.0 Å². The molecule has 2 heteroatoms. The summed E-state index contributed by atoms with van der Waals surface area (Å²) in [4.78, 5) is 11.2. The van der Waals surface area contributed by atoms with Crippen LogP contribution in [0.3, 0.4) is 0 Å². The van der Waals surface area contributed by atoms with Gasteiger partial charge in [0.1, 0.15) is 0 Å². The molecule has 0 bridgehead atoms. The number of ketones is 1. The summed E-state index contributed by atoms with van der Waals surface area (Å²) >= 11 is 0. The third-order valence-electron chi connectivity index (χ3n) is 2.77. The maximum absolute atomic E-state index is 11.2. The number of Topliss-reactive ketones (excluding diaryl/α,β-unsaturated/α-hetero) is 1. The van der Waals surface area contributed by atoms with Gasteiger partial charge in [-0.15, -0.1) is 0 Å². The van der Waals surface area contributed by atoms with Crippen molar-refractivity contribution in [3.8, 4) is 0 Å². The van der Waals surface area contributed by atoms with Crippen molar-refractivity contribution in [1.29, 1.82) is 0 Å². The molecule has 0 atom stereocenters.